The Morgan fingerprint density at radius 3 is 2.90 bits per heavy atom. The molecule has 1 aromatic carbocycles. The van der Waals surface area contributed by atoms with Gasteiger partial charge in [-0.15, -0.1) is 0 Å². The van der Waals surface area contributed by atoms with E-state index in [1.165, 1.54) is 6.20 Å². The Labute approximate surface area is 115 Å². The molecular formula is C15H12N4O. The van der Waals surface area contributed by atoms with Gasteiger partial charge in [0, 0.05) is 29.7 Å². The number of fused-ring (bicyclic) bond motifs is 1. The second kappa shape index (κ2) is 4.97. The Bertz CT molecular complexity index is 785. The number of carbonyl (C=O) groups is 1. The van der Waals surface area contributed by atoms with E-state index in [0.29, 0.717) is 11.3 Å². The monoisotopic (exact) mass is 264 g/mol. The summed E-state index contributed by atoms with van der Waals surface area (Å²) < 4.78 is 0. The second-order valence-corrected chi connectivity index (χ2v) is 4.32. The average molecular weight is 264 g/mol. The van der Waals surface area contributed by atoms with Crippen LogP contribution in [-0.4, -0.2) is 15.9 Å². The Balaban J connectivity index is 1.99. The Kier molecular flexibility index (Phi) is 3.01. The van der Waals surface area contributed by atoms with Gasteiger partial charge in [-0.3, -0.25) is 14.8 Å². The zero-order valence-electron chi connectivity index (χ0n) is 10.6. The molecule has 2 aromatic heterocycles. The van der Waals surface area contributed by atoms with Crippen molar-refractivity contribution >= 4 is 28.2 Å². The number of hydrogen-bond acceptors (Lipinski definition) is 4. The maximum atomic E-state index is 11.4. The second-order valence-electron chi connectivity index (χ2n) is 4.32. The molecule has 0 saturated heterocycles. The molecule has 0 bridgehead atoms. The van der Waals surface area contributed by atoms with Gasteiger partial charge in [-0.2, -0.15) is 0 Å². The number of amides is 1. The molecule has 0 atom stereocenters. The summed E-state index contributed by atoms with van der Waals surface area (Å²) in [6.07, 6.45) is 4.80. The Hall–Kier alpha value is -2.95. The van der Waals surface area contributed by atoms with Crippen molar-refractivity contribution in [2.45, 2.75) is 0 Å². The molecule has 2 heterocycles. The van der Waals surface area contributed by atoms with Gasteiger partial charge in [0.1, 0.15) is 0 Å². The van der Waals surface area contributed by atoms with Gasteiger partial charge in [0.2, 0.25) is 0 Å². The van der Waals surface area contributed by atoms with Crippen LogP contribution in [0.4, 0.5) is 11.4 Å². The van der Waals surface area contributed by atoms with Gasteiger partial charge in [0.15, 0.2) is 0 Å². The lowest BCUT2D eigenvalue weighted by Crippen LogP contribution is -2.13. The third-order valence-electron chi connectivity index (χ3n) is 2.97. The van der Waals surface area contributed by atoms with E-state index in [1.54, 1.807) is 18.5 Å². The summed E-state index contributed by atoms with van der Waals surface area (Å²) >= 11 is 0. The predicted octanol–water partition coefficient (Wildman–Crippen LogP) is 2.47. The van der Waals surface area contributed by atoms with E-state index >= 15 is 0 Å². The third-order valence-corrected chi connectivity index (χ3v) is 2.97. The minimum atomic E-state index is -0.514. The molecule has 20 heavy (non-hydrogen) atoms. The van der Waals surface area contributed by atoms with Crippen molar-refractivity contribution in [3.63, 3.8) is 0 Å². The number of primary amides is 1. The first-order valence-electron chi connectivity index (χ1n) is 6.10. The van der Waals surface area contributed by atoms with Gasteiger partial charge in [-0.1, -0.05) is 12.1 Å². The van der Waals surface area contributed by atoms with Crippen LogP contribution >= 0.6 is 0 Å². The molecule has 0 radical (unpaired) electrons. The summed E-state index contributed by atoms with van der Waals surface area (Å²) in [6.45, 7) is 0. The van der Waals surface area contributed by atoms with Crippen LogP contribution in [-0.2, 0) is 0 Å². The van der Waals surface area contributed by atoms with Crippen LogP contribution in [0.2, 0.25) is 0 Å². The maximum absolute atomic E-state index is 11.4. The highest BCUT2D eigenvalue weighted by Crippen LogP contribution is 2.22. The van der Waals surface area contributed by atoms with Crippen molar-refractivity contribution in [3.05, 3.63) is 60.6 Å². The topological polar surface area (TPSA) is 80.9 Å². The molecule has 3 aromatic rings. The highest BCUT2D eigenvalue weighted by molar-refractivity contribution is 5.99. The molecule has 3 rings (SSSR count). The molecule has 0 unspecified atom stereocenters. The first kappa shape index (κ1) is 12.1. The number of hydrogen-bond donors (Lipinski definition) is 2. The number of aromatic nitrogens is 2. The number of nitrogens with zero attached hydrogens (tertiary/aromatic N) is 2. The summed E-state index contributed by atoms with van der Waals surface area (Å²) in [6, 6.07) is 11.4. The minimum absolute atomic E-state index is 0.355. The van der Waals surface area contributed by atoms with E-state index in [2.05, 4.69) is 15.3 Å². The van der Waals surface area contributed by atoms with Gasteiger partial charge in [-0.05, 0) is 24.3 Å². The van der Waals surface area contributed by atoms with Crippen molar-refractivity contribution < 1.29 is 4.79 Å². The van der Waals surface area contributed by atoms with E-state index in [9.17, 15) is 4.79 Å². The molecule has 0 aliphatic rings. The molecule has 98 valence electrons. The first-order chi connectivity index (χ1) is 9.74. The fourth-order valence-corrected chi connectivity index (χ4v) is 2.00. The number of anilines is 2. The zero-order valence-corrected chi connectivity index (χ0v) is 10.6. The van der Waals surface area contributed by atoms with Crippen LogP contribution in [0.25, 0.3) is 10.9 Å². The minimum Gasteiger partial charge on any atom is -0.365 e. The Morgan fingerprint density at radius 1 is 1.15 bits per heavy atom. The summed E-state index contributed by atoms with van der Waals surface area (Å²) in [5.41, 5.74) is 8.03. The summed E-state index contributed by atoms with van der Waals surface area (Å²) in [5.74, 6) is -0.514. The predicted molar refractivity (Wildman–Crippen MR) is 77.8 cm³/mol. The molecule has 3 N–H and O–H groups in total. The lowest BCUT2D eigenvalue weighted by Gasteiger charge is -2.10. The van der Waals surface area contributed by atoms with Crippen LogP contribution in [0.15, 0.2) is 55.0 Å². The van der Waals surface area contributed by atoms with E-state index in [1.807, 2.05) is 30.3 Å². The molecule has 1 amide bonds. The third kappa shape index (κ3) is 2.29. The molecule has 0 saturated carbocycles. The number of rotatable bonds is 3. The number of nitrogens with one attached hydrogen (secondary N) is 1. The molecule has 0 aliphatic heterocycles. The number of pyridine rings is 2. The SMILES string of the molecule is NC(=O)c1cnccc1Nc1ccc2cccnc2c1. The fourth-order valence-electron chi connectivity index (χ4n) is 2.00. The summed E-state index contributed by atoms with van der Waals surface area (Å²) in [7, 11) is 0. The number of nitrogens with two attached hydrogens (primary N) is 1. The fraction of sp³-hybridized carbons (Fsp3) is 0. The average Bonchev–Trinajstić information content (AvgIpc) is 2.47. The normalized spacial score (nSPS) is 10.4. The smallest absolute Gasteiger partial charge is 0.252 e. The number of benzene rings is 1. The molecule has 0 aliphatic carbocycles. The maximum Gasteiger partial charge on any atom is 0.252 e. The van der Waals surface area contributed by atoms with Crippen LogP contribution in [0.3, 0.4) is 0 Å². The molecular weight excluding hydrogens is 252 g/mol. The van der Waals surface area contributed by atoms with Crippen molar-refractivity contribution in [1.82, 2.24) is 9.97 Å². The van der Waals surface area contributed by atoms with Crippen molar-refractivity contribution in [2.24, 2.45) is 5.73 Å². The molecule has 5 nitrogen and oxygen atoms in total. The largest absolute Gasteiger partial charge is 0.365 e. The standard InChI is InChI=1S/C15H12N4O/c16-15(20)12-9-17-7-5-13(12)19-11-4-3-10-2-1-6-18-14(10)8-11/h1-9H,(H2,16,20)(H,17,19). The molecule has 0 spiro atoms. The summed E-state index contributed by atoms with van der Waals surface area (Å²) in [5, 5.41) is 4.22. The number of carbonyl (C=O) groups excluding carboxylic acids is 1. The van der Waals surface area contributed by atoms with Gasteiger partial charge in [0.25, 0.3) is 5.91 Å². The van der Waals surface area contributed by atoms with E-state index < -0.39 is 5.91 Å². The highest BCUT2D eigenvalue weighted by atomic mass is 16.1. The van der Waals surface area contributed by atoms with Crippen LogP contribution in [0.1, 0.15) is 10.4 Å². The van der Waals surface area contributed by atoms with E-state index in [-0.39, 0.29) is 0 Å². The van der Waals surface area contributed by atoms with Gasteiger partial charge in [-0.25, -0.2) is 0 Å². The highest BCUT2D eigenvalue weighted by Gasteiger charge is 2.08. The Morgan fingerprint density at radius 2 is 2.05 bits per heavy atom. The van der Waals surface area contributed by atoms with Crippen molar-refractivity contribution in [1.29, 1.82) is 0 Å². The van der Waals surface area contributed by atoms with Gasteiger partial charge in [0.05, 0.1) is 16.8 Å². The quantitative estimate of drug-likeness (QED) is 0.761. The van der Waals surface area contributed by atoms with Crippen LogP contribution in [0, 0.1) is 0 Å². The zero-order chi connectivity index (χ0) is 13.9. The summed E-state index contributed by atoms with van der Waals surface area (Å²) in [4.78, 5) is 19.6. The molecule has 5 heteroatoms. The van der Waals surface area contributed by atoms with Crippen LogP contribution in [0.5, 0.6) is 0 Å². The van der Waals surface area contributed by atoms with E-state index in [0.717, 1.165) is 16.6 Å². The van der Waals surface area contributed by atoms with Gasteiger partial charge >= 0.3 is 0 Å². The van der Waals surface area contributed by atoms with Crippen LogP contribution < -0.4 is 11.1 Å². The first-order valence-corrected chi connectivity index (χ1v) is 6.10. The lowest BCUT2D eigenvalue weighted by molar-refractivity contribution is 0.100. The van der Waals surface area contributed by atoms with Gasteiger partial charge < -0.3 is 11.1 Å². The van der Waals surface area contributed by atoms with Crippen molar-refractivity contribution in [3.8, 4) is 0 Å². The van der Waals surface area contributed by atoms with Crippen molar-refractivity contribution in [2.75, 3.05) is 5.32 Å². The van der Waals surface area contributed by atoms with E-state index in [4.69, 9.17) is 5.73 Å². The molecule has 0 fully saturated rings. The lowest BCUT2D eigenvalue weighted by atomic mass is 10.2.